The van der Waals surface area contributed by atoms with Gasteiger partial charge in [-0.3, -0.25) is 4.79 Å². The molecule has 116 valence electrons. The molecule has 2 amide bonds. The summed E-state index contributed by atoms with van der Waals surface area (Å²) in [5.74, 6) is -0.989. The minimum absolute atomic E-state index is 0.0891. The van der Waals surface area contributed by atoms with Crippen molar-refractivity contribution in [1.82, 2.24) is 5.32 Å². The lowest BCUT2D eigenvalue weighted by Crippen LogP contribution is -2.37. The summed E-state index contributed by atoms with van der Waals surface area (Å²) in [6.45, 7) is 1.94. The van der Waals surface area contributed by atoms with Gasteiger partial charge < -0.3 is 20.5 Å². The van der Waals surface area contributed by atoms with E-state index >= 15 is 0 Å². The van der Waals surface area contributed by atoms with Crippen LogP contribution >= 0.6 is 27.5 Å². The van der Waals surface area contributed by atoms with Crippen molar-refractivity contribution in [3.63, 3.8) is 0 Å². The van der Waals surface area contributed by atoms with Crippen molar-refractivity contribution in [2.45, 2.75) is 19.4 Å². The highest BCUT2D eigenvalue weighted by Crippen LogP contribution is 2.29. The number of hydrogen-bond acceptors (Lipinski definition) is 3. The Labute approximate surface area is 135 Å². The number of nitrogens with one attached hydrogen (secondary N) is 2. The Morgan fingerprint density at radius 3 is 2.71 bits per heavy atom. The number of aryl methyl sites for hydroxylation is 1. The minimum Gasteiger partial charge on any atom is -0.481 e. The summed E-state index contributed by atoms with van der Waals surface area (Å²) < 4.78 is 5.67. The van der Waals surface area contributed by atoms with Crippen molar-refractivity contribution in [1.29, 1.82) is 0 Å². The summed E-state index contributed by atoms with van der Waals surface area (Å²) in [6, 6.07) is 2.95. The molecule has 1 aromatic carbocycles. The fourth-order valence-electron chi connectivity index (χ4n) is 1.55. The molecule has 0 aliphatic rings. The van der Waals surface area contributed by atoms with Gasteiger partial charge in [-0.2, -0.15) is 0 Å². The highest BCUT2D eigenvalue weighted by Gasteiger charge is 2.14. The van der Waals surface area contributed by atoms with E-state index in [-0.39, 0.29) is 13.0 Å². The Morgan fingerprint density at radius 2 is 2.14 bits per heavy atom. The van der Waals surface area contributed by atoms with Crippen LogP contribution < -0.4 is 10.6 Å². The van der Waals surface area contributed by atoms with Gasteiger partial charge in [0.2, 0.25) is 0 Å². The van der Waals surface area contributed by atoms with Gasteiger partial charge in [0.1, 0.15) is 0 Å². The molecule has 0 aromatic heterocycles. The predicted octanol–water partition coefficient (Wildman–Crippen LogP) is 3.02. The van der Waals surface area contributed by atoms with Gasteiger partial charge in [0, 0.05) is 23.1 Å². The number of carbonyl (C=O) groups excluding carboxylic acids is 1. The number of benzene rings is 1. The number of amides is 2. The normalized spacial score (nSPS) is 11.8. The van der Waals surface area contributed by atoms with Crippen LogP contribution in [0.5, 0.6) is 0 Å². The quantitative estimate of drug-likeness (QED) is 0.709. The second-order valence-corrected chi connectivity index (χ2v) is 5.63. The molecule has 3 N–H and O–H groups in total. The first-order valence-electron chi connectivity index (χ1n) is 6.08. The molecule has 0 bridgehead atoms. The molecule has 0 aliphatic heterocycles. The Bertz CT molecular complexity index is 539. The first-order chi connectivity index (χ1) is 9.83. The molecule has 0 radical (unpaired) electrons. The van der Waals surface area contributed by atoms with E-state index in [2.05, 4.69) is 26.6 Å². The van der Waals surface area contributed by atoms with E-state index in [4.69, 9.17) is 21.4 Å². The number of aliphatic carboxylic acids is 1. The van der Waals surface area contributed by atoms with Crippen molar-refractivity contribution >= 4 is 45.2 Å². The van der Waals surface area contributed by atoms with Gasteiger partial charge in [0.15, 0.2) is 0 Å². The van der Waals surface area contributed by atoms with E-state index < -0.39 is 18.1 Å². The van der Waals surface area contributed by atoms with Crippen LogP contribution in [-0.2, 0) is 9.53 Å². The highest BCUT2D eigenvalue weighted by molar-refractivity contribution is 9.10. The van der Waals surface area contributed by atoms with Gasteiger partial charge in [0.05, 0.1) is 18.2 Å². The number of ether oxygens (including phenoxy) is 1. The number of hydrogen-bond donors (Lipinski definition) is 3. The molecular weight excluding hydrogens is 364 g/mol. The number of carboxylic acid groups (broad SMARTS) is 1. The maximum Gasteiger partial charge on any atom is 0.319 e. The molecule has 6 nitrogen and oxygen atoms in total. The molecule has 1 aromatic rings. The number of anilines is 1. The van der Waals surface area contributed by atoms with E-state index in [9.17, 15) is 9.59 Å². The molecule has 21 heavy (non-hydrogen) atoms. The van der Waals surface area contributed by atoms with E-state index in [0.717, 1.165) is 5.56 Å². The zero-order valence-corrected chi connectivity index (χ0v) is 13.9. The Hall–Kier alpha value is -1.31. The summed E-state index contributed by atoms with van der Waals surface area (Å²) >= 11 is 9.33. The van der Waals surface area contributed by atoms with Crippen molar-refractivity contribution in [2.24, 2.45) is 0 Å². The SMILES string of the molecule is COC(CNC(=O)Nc1cc(Cl)c(C)cc1Br)CC(=O)O. The van der Waals surface area contributed by atoms with Gasteiger partial charge >= 0.3 is 12.0 Å². The second kappa shape index (κ2) is 8.21. The number of halogens is 2. The molecule has 1 atom stereocenters. The van der Waals surface area contributed by atoms with E-state index in [1.807, 2.05) is 6.92 Å². The summed E-state index contributed by atoms with van der Waals surface area (Å²) in [5.41, 5.74) is 1.41. The summed E-state index contributed by atoms with van der Waals surface area (Å²) in [7, 11) is 1.39. The minimum atomic E-state index is -0.989. The third kappa shape index (κ3) is 5.91. The highest BCUT2D eigenvalue weighted by atomic mass is 79.9. The van der Waals surface area contributed by atoms with Crippen LogP contribution in [0.2, 0.25) is 5.02 Å². The van der Waals surface area contributed by atoms with Crippen LogP contribution in [0.15, 0.2) is 16.6 Å². The van der Waals surface area contributed by atoms with Crippen molar-refractivity contribution in [3.05, 3.63) is 27.2 Å². The van der Waals surface area contributed by atoms with Crippen molar-refractivity contribution in [2.75, 3.05) is 19.0 Å². The molecule has 0 aliphatic carbocycles. The summed E-state index contributed by atoms with van der Waals surface area (Å²) in [4.78, 5) is 22.4. The molecule has 0 heterocycles. The van der Waals surface area contributed by atoms with Crippen LogP contribution in [-0.4, -0.2) is 36.9 Å². The second-order valence-electron chi connectivity index (χ2n) is 4.37. The first kappa shape index (κ1) is 17.7. The Morgan fingerprint density at radius 1 is 1.48 bits per heavy atom. The van der Waals surface area contributed by atoms with Gasteiger partial charge in [-0.1, -0.05) is 11.6 Å². The van der Waals surface area contributed by atoms with Crippen LogP contribution in [0.1, 0.15) is 12.0 Å². The largest absolute Gasteiger partial charge is 0.481 e. The number of carbonyl (C=O) groups is 2. The lowest BCUT2D eigenvalue weighted by Gasteiger charge is -2.15. The lowest BCUT2D eigenvalue weighted by atomic mass is 10.2. The third-order valence-corrected chi connectivity index (χ3v) is 3.79. The topological polar surface area (TPSA) is 87.7 Å². The van der Waals surface area contributed by atoms with E-state index in [1.54, 1.807) is 12.1 Å². The fourth-order valence-corrected chi connectivity index (χ4v) is 2.27. The molecule has 1 rings (SSSR count). The predicted molar refractivity (Wildman–Crippen MR) is 84.0 cm³/mol. The average molecular weight is 380 g/mol. The number of rotatable bonds is 6. The van der Waals surface area contributed by atoms with Crippen molar-refractivity contribution in [3.8, 4) is 0 Å². The Kier molecular flexibility index (Phi) is 6.94. The maximum atomic E-state index is 11.8. The van der Waals surface area contributed by atoms with Gasteiger partial charge in [-0.15, -0.1) is 0 Å². The molecular formula is C13H16BrClN2O4. The molecule has 8 heteroatoms. The maximum absolute atomic E-state index is 11.8. The average Bonchev–Trinajstić information content (AvgIpc) is 2.40. The standard InChI is InChI=1S/C13H16BrClN2O4/c1-7-3-9(14)11(5-10(7)15)17-13(20)16-6-8(21-2)4-12(18)19/h3,5,8H,4,6H2,1-2H3,(H,18,19)(H2,16,17,20). The number of urea groups is 1. The van der Waals surface area contributed by atoms with Crippen molar-refractivity contribution < 1.29 is 19.4 Å². The fraction of sp³-hybridized carbons (Fsp3) is 0.385. The molecule has 1 unspecified atom stereocenters. The van der Waals surface area contributed by atoms with Crippen LogP contribution in [0.4, 0.5) is 10.5 Å². The van der Waals surface area contributed by atoms with Gasteiger partial charge in [-0.05, 0) is 40.5 Å². The smallest absolute Gasteiger partial charge is 0.319 e. The zero-order chi connectivity index (χ0) is 16.0. The summed E-state index contributed by atoms with van der Waals surface area (Å²) in [5, 5.41) is 14.4. The van der Waals surface area contributed by atoms with Gasteiger partial charge in [0.25, 0.3) is 0 Å². The molecule has 0 saturated carbocycles. The molecule has 0 fully saturated rings. The first-order valence-corrected chi connectivity index (χ1v) is 7.25. The molecule has 0 saturated heterocycles. The van der Waals surface area contributed by atoms with E-state index in [0.29, 0.717) is 15.2 Å². The monoisotopic (exact) mass is 378 g/mol. The lowest BCUT2D eigenvalue weighted by molar-refractivity contribution is -0.139. The van der Waals surface area contributed by atoms with Crippen LogP contribution in [0, 0.1) is 6.92 Å². The van der Waals surface area contributed by atoms with Gasteiger partial charge in [-0.25, -0.2) is 4.79 Å². The van der Waals surface area contributed by atoms with Crippen LogP contribution in [0.3, 0.4) is 0 Å². The Balaban J connectivity index is 2.58. The number of methoxy groups -OCH3 is 1. The summed E-state index contributed by atoms with van der Waals surface area (Å²) in [6.07, 6.45) is -0.769. The zero-order valence-electron chi connectivity index (χ0n) is 11.6. The molecule has 0 spiro atoms. The number of carboxylic acids is 1. The van der Waals surface area contributed by atoms with E-state index in [1.165, 1.54) is 7.11 Å². The third-order valence-electron chi connectivity index (χ3n) is 2.72. The van der Waals surface area contributed by atoms with Crippen LogP contribution in [0.25, 0.3) is 0 Å².